The van der Waals surface area contributed by atoms with Gasteiger partial charge in [0, 0.05) is 25.5 Å². The van der Waals surface area contributed by atoms with Crippen molar-refractivity contribution < 1.29 is 18.8 Å². The Morgan fingerprint density at radius 3 is 2.71 bits per heavy atom. The molecular weight excluding hydrogens is 432 g/mol. The molecule has 0 spiro atoms. The lowest BCUT2D eigenvalue weighted by Gasteiger charge is -2.23. The van der Waals surface area contributed by atoms with Gasteiger partial charge in [-0.05, 0) is 46.5 Å². The number of nitrogens with zero attached hydrogens (tertiary/aromatic N) is 1. The fourth-order valence-corrected chi connectivity index (χ4v) is 4.15. The molecule has 0 radical (unpaired) electrons. The van der Waals surface area contributed by atoms with E-state index in [1.807, 2.05) is 42.5 Å². The molecule has 3 N–H and O–H groups in total. The first-order chi connectivity index (χ1) is 16.6. The molecule has 1 atom stereocenters. The molecule has 0 fully saturated rings. The molecule has 2 aromatic carbocycles. The molecular formula is C26H22N4O4. The van der Waals surface area contributed by atoms with Crippen LogP contribution in [-0.4, -0.2) is 35.8 Å². The molecule has 3 heterocycles. The second kappa shape index (κ2) is 9.19. The van der Waals surface area contributed by atoms with Crippen molar-refractivity contribution in [3.05, 3.63) is 101 Å². The molecule has 0 saturated heterocycles. The summed E-state index contributed by atoms with van der Waals surface area (Å²) in [4.78, 5) is 42.1. The first kappa shape index (κ1) is 21.4. The maximum Gasteiger partial charge on any atom is 0.287 e. The summed E-state index contributed by atoms with van der Waals surface area (Å²) in [5, 5.41) is 10.7. The number of amides is 3. The van der Waals surface area contributed by atoms with Gasteiger partial charge in [-0.2, -0.15) is 0 Å². The van der Waals surface area contributed by atoms with Crippen LogP contribution >= 0.6 is 0 Å². The third-order valence-electron chi connectivity index (χ3n) is 5.90. The van der Waals surface area contributed by atoms with Crippen molar-refractivity contribution in [1.82, 2.24) is 20.9 Å². The monoisotopic (exact) mass is 454 g/mol. The topological polar surface area (TPSA) is 113 Å². The molecule has 1 aliphatic rings. The van der Waals surface area contributed by atoms with Gasteiger partial charge in [-0.25, -0.2) is 0 Å². The SMILES string of the molecule is O=C(NCC(NC(=O)c1cncc2c1CCNC2=O)c1ccc2ccccc2c1)c1ccco1. The van der Waals surface area contributed by atoms with E-state index < -0.39 is 6.04 Å². The molecule has 8 nitrogen and oxygen atoms in total. The minimum atomic E-state index is -0.524. The fourth-order valence-electron chi connectivity index (χ4n) is 4.15. The van der Waals surface area contributed by atoms with Gasteiger partial charge in [-0.3, -0.25) is 19.4 Å². The number of carbonyl (C=O) groups is 3. The predicted octanol–water partition coefficient (Wildman–Crippen LogP) is 3.01. The average Bonchev–Trinajstić information content (AvgIpc) is 3.41. The summed E-state index contributed by atoms with van der Waals surface area (Å²) in [5.74, 6) is -0.777. The van der Waals surface area contributed by atoms with Crippen molar-refractivity contribution in [1.29, 1.82) is 0 Å². The van der Waals surface area contributed by atoms with E-state index in [1.54, 1.807) is 12.1 Å². The highest BCUT2D eigenvalue weighted by Crippen LogP contribution is 2.22. The molecule has 2 aromatic heterocycles. The summed E-state index contributed by atoms with van der Waals surface area (Å²) in [6, 6.07) is 16.5. The largest absolute Gasteiger partial charge is 0.459 e. The van der Waals surface area contributed by atoms with E-state index in [-0.39, 0.29) is 30.0 Å². The Balaban J connectivity index is 1.44. The van der Waals surface area contributed by atoms with Gasteiger partial charge >= 0.3 is 0 Å². The van der Waals surface area contributed by atoms with Crippen LogP contribution in [0.4, 0.5) is 0 Å². The van der Waals surface area contributed by atoms with E-state index in [0.29, 0.717) is 29.7 Å². The van der Waals surface area contributed by atoms with Gasteiger partial charge < -0.3 is 20.4 Å². The van der Waals surface area contributed by atoms with Crippen LogP contribution in [0.2, 0.25) is 0 Å². The van der Waals surface area contributed by atoms with Crippen molar-refractivity contribution in [2.75, 3.05) is 13.1 Å². The Morgan fingerprint density at radius 2 is 1.88 bits per heavy atom. The Labute approximate surface area is 195 Å². The number of carbonyl (C=O) groups excluding carboxylic acids is 3. The van der Waals surface area contributed by atoms with E-state index in [0.717, 1.165) is 16.3 Å². The van der Waals surface area contributed by atoms with Gasteiger partial charge in [0.25, 0.3) is 17.7 Å². The molecule has 1 unspecified atom stereocenters. The van der Waals surface area contributed by atoms with E-state index in [4.69, 9.17) is 4.42 Å². The third-order valence-corrected chi connectivity index (χ3v) is 5.90. The van der Waals surface area contributed by atoms with Crippen LogP contribution in [0.3, 0.4) is 0 Å². The minimum Gasteiger partial charge on any atom is -0.459 e. The Bertz CT molecular complexity index is 1380. The van der Waals surface area contributed by atoms with Gasteiger partial charge in [0.05, 0.1) is 23.4 Å². The molecule has 0 aliphatic carbocycles. The van der Waals surface area contributed by atoms with Gasteiger partial charge in [0.1, 0.15) is 0 Å². The number of furan rings is 1. The summed E-state index contributed by atoms with van der Waals surface area (Å²) in [6.07, 6.45) is 4.93. The molecule has 5 rings (SSSR count). The first-order valence-electron chi connectivity index (χ1n) is 11.0. The number of hydrogen-bond donors (Lipinski definition) is 3. The normalized spacial score (nSPS) is 13.6. The Hall–Kier alpha value is -4.46. The van der Waals surface area contributed by atoms with Crippen LogP contribution in [0.15, 0.2) is 77.7 Å². The van der Waals surface area contributed by atoms with Crippen molar-refractivity contribution in [3.63, 3.8) is 0 Å². The van der Waals surface area contributed by atoms with Crippen LogP contribution in [0.1, 0.15) is 48.4 Å². The number of hydrogen-bond acceptors (Lipinski definition) is 5. The first-order valence-corrected chi connectivity index (χ1v) is 11.0. The molecule has 3 amide bonds. The summed E-state index contributed by atoms with van der Waals surface area (Å²) in [6.45, 7) is 0.607. The quantitative estimate of drug-likeness (QED) is 0.415. The lowest BCUT2D eigenvalue weighted by atomic mass is 9.96. The van der Waals surface area contributed by atoms with Gasteiger partial charge in [0.2, 0.25) is 0 Å². The van der Waals surface area contributed by atoms with Crippen molar-refractivity contribution in [2.45, 2.75) is 12.5 Å². The van der Waals surface area contributed by atoms with Gasteiger partial charge in [0.15, 0.2) is 5.76 Å². The van der Waals surface area contributed by atoms with Gasteiger partial charge in [-0.1, -0.05) is 36.4 Å². The van der Waals surface area contributed by atoms with E-state index >= 15 is 0 Å². The predicted molar refractivity (Wildman–Crippen MR) is 125 cm³/mol. The van der Waals surface area contributed by atoms with E-state index in [1.165, 1.54) is 18.7 Å². The molecule has 0 saturated carbocycles. The maximum atomic E-state index is 13.3. The summed E-state index contributed by atoms with van der Waals surface area (Å²) in [7, 11) is 0. The summed E-state index contributed by atoms with van der Waals surface area (Å²) >= 11 is 0. The fraction of sp³-hybridized carbons (Fsp3) is 0.154. The van der Waals surface area contributed by atoms with Crippen LogP contribution in [0, 0.1) is 0 Å². The Morgan fingerprint density at radius 1 is 1.03 bits per heavy atom. The summed E-state index contributed by atoms with van der Waals surface area (Å²) in [5.41, 5.74) is 2.28. The smallest absolute Gasteiger partial charge is 0.287 e. The van der Waals surface area contributed by atoms with Crippen LogP contribution in [0.5, 0.6) is 0 Å². The number of nitrogens with one attached hydrogen (secondary N) is 3. The zero-order valence-corrected chi connectivity index (χ0v) is 18.2. The lowest BCUT2D eigenvalue weighted by Crippen LogP contribution is -2.39. The highest BCUT2D eigenvalue weighted by Gasteiger charge is 2.25. The molecule has 8 heteroatoms. The number of fused-ring (bicyclic) bond motifs is 2. The van der Waals surface area contributed by atoms with Crippen LogP contribution in [0.25, 0.3) is 10.8 Å². The molecule has 4 aromatic rings. The highest BCUT2D eigenvalue weighted by atomic mass is 16.3. The lowest BCUT2D eigenvalue weighted by molar-refractivity contribution is 0.0892. The Kier molecular flexibility index (Phi) is 5.78. The second-order valence-electron chi connectivity index (χ2n) is 8.04. The van der Waals surface area contributed by atoms with Gasteiger partial charge in [-0.15, -0.1) is 0 Å². The van der Waals surface area contributed by atoms with Crippen LogP contribution < -0.4 is 16.0 Å². The summed E-state index contributed by atoms with van der Waals surface area (Å²) < 4.78 is 5.17. The zero-order valence-electron chi connectivity index (χ0n) is 18.2. The standard InChI is InChI=1S/C26H22N4O4/c31-24-20-13-27-14-21(19(20)9-10-28-24)25(32)30-22(15-29-26(33)23-6-3-11-34-23)18-8-7-16-4-1-2-5-17(16)12-18/h1-8,11-14,22H,9-10,15H2,(H,28,31)(H,29,33)(H,30,32). The van der Waals surface area contributed by atoms with Crippen molar-refractivity contribution in [2.24, 2.45) is 0 Å². The van der Waals surface area contributed by atoms with E-state index in [2.05, 4.69) is 20.9 Å². The maximum absolute atomic E-state index is 13.3. The van der Waals surface area contributed by atoms with Crippen molar-refractivity contribution in [3.8, 4) is 0 Å². The number of aromatic nitrogens is 1. The average molecular weight is 454 g/mol. The minimum absolute atomic E-state index is 0.145. The third kappa shape index (κ3) is 4.25. The molecule has 170 valence electrons. The number of pyridine rings is 1. The zero-order chi connectivity index (χ0) is 23.5. The number of rotatable bonds is 6. The highest BCUT2D eigenvalue weighted by molar-refractivity contribution is 6.02. The van der Waals surface area contributed by atoms with Crippen LogP contribution in [-0.2, 0) is 6.42 Å². The molecule has 0 bridgehead atoms. The second-order valence-corrected chi connectivity index (χ2v) is 8.04. The number of benzene rings is 2. The van der Waals surface area contributed by atoms with Crippen molar-refractivity contribution >= 4 is 28.5 Å². The van der Waals surface area contributed by atoms with E-state index in [9.17, 15) is 14.4 Å². The molecule has 1 aliphatic heterocycles. The molecule has 34 heavy (non-hydrogen) atoms.